The molecule has 4 rings (SSSR count). The monoisotopic (exact) mass is 476 g/mol. The summed E-state index contributed by atoms with van der Waals surface area (Å²) in [6, 6.07) is 21.5. The summed E-state index contributed by atoms with van der Waals surface area (Å²) in [6.45, 7) is 2.03. The van der Waals surface area contributed by atoms with Crippen LogP contribution in [0.5, 0.6) is 0 Å². The predicted octanol–water partition coefficient (Wildman–Crippen LogP) is 5.48. The van der Waals surface area contributed by atoms with Crippen LogP contribution in [0.25, 0.3) is 11.5 Å². The molecule has 0 bridgehead atoms. The molecule has 3 aromatic carbocycles. The van der Waals surface area contributed by atoms with Crippen molar-refractivity contribution in [3.8, 4) is 11.5 Å². The number of aromatic nitrogens is 2. The fourth-order valence-corrected chi connectivity index (χ4v) is 3.32. The van der Waals surface area contributed by atoms with Crippen molar-refractivity contribution in [3.05, 3.63) is 101 Å². The van der Waals surface area contributed by atoms with Gasteiger partial charge in [0.15, 0.2) is 0 Å². The van der Waals surface area contributed by atoms with Gasteiger partial charge in [0.1, 0.15) is 6.04 Å². The van der Waals surface area contributed by atoms with Gasteiger partial charge in [0.25, 0.3) is 0 Å². The van der Waals surface area contributed by atoms with E-state index in [2.05, 4.69) is 20.8 Å². The van der Waals surface area contributed by atoms with E-state index < -0.39 is 18.0 Å². The number of anilines is 1. The molecule has 9 heteroatoms. The van der Waals surface area contributed by atoms with E-state index in [0.29, 0.717) is 27.7 Å². The van der Waals surface area contributed by atoms with Crippen LogP contribution in [0.1, 0.15) is 34.8 Å². The number of hydrogen-bond acceptors (Lipinski definition) is 6. The van der Waals surface area contributed by atoms with E-state index in [1.54, 1.807) is 55.5 Å². The van der Waals surface area contributed by atoms with E-state index in [9.17, 15) is 9.59 Å². The van der Waals surface area contributed by atoms with Crippen molar-refractivity contribution < 1.29 is 18.7 Å². The molecule has 0 radical (unpaired) electrons. The third-order valence-corrected chi connectivity index (χ3v) is 5.09. The van der Waals surface area contributed by atoms with Crippen LogP contribution < -0.4 is 10.6 Å². The molecule has 4 aromatic rings. The Kier molecular flexibility index (Phi) is 7.19. The molecule has 8 nitrogen and oxygen atoms in total. The van der Waals surface area contributed by atoms with Gasteiger partial charge in [0.05, 0.1) is 12.2 Å². The highest BCUT2D eigenvalue weighted by Crippen LogP contribution is 2.26. The zero-order valence-corrected chi connectivity index (χ0v) is 19.0. The molecule has 0 unspecified atom stereocenters. The standard InChI is InChI=1S/C25H21ClN4O4/c1-2-33-24(31)18-10-14-20(15-11-18)27-25(32)28-21(16-6-4-3-5-7-16)23-30-29-22(34-23)17-8-12-19(26)13-9-17/h3-15,21H,2H2,1H3,(H2,27,28,32)/t21-/m0/s1. The van der Waals surface area contributed by atoms with E-state index in [4.69, 9.17) is 20.8 Å². The molecule has 1 aromatic heterocycles. The Morgan fingerprint density at radius 2 is 1.68 bits per heavy atom. The smallest absolute Gasteiger partial charge is 0.338 e. The van der Waals surface area contributed by atoms with E-state index in [1.807, 2.05) is 30.3 Å². The van der Waals surface area contributed by atoms with Crippen LogP contribution in [0.3, 0.4) is 0 Å². The fraction of sp³-hybridized carbons (Fsp3) is 0.120. The number of nitrogens with one attached hydrogen (secondary N) is 2. The van der Waals surface area contributed by atoms with Gasteiger partial charge in [-0.2, -0.15) is 0 Å². The van der Waals surface area contributed by atoms with Gasteiger partial charge in [-0.3, -0.25) is 0 Å². The van der Waals surface area contributed by atoms with Gasteiger partial charge in [-0.15, -0.1) is 10.2 Å². The molecule has 0 spiro atoms. The van der Waals surface area contributed by atoms with Gasteiger partial charge in [0, 0.05) is 16.3 Å². The SMILES string of the molecule is CCOC(=O)c1ccc(NC(=O)N[C@@H](c2ccccc2)c2nnc(-c3ccc(Cl)cc3)o2)cc1. The maximum atomic E-state index is 12.8. The first-order chi connectivity index (χ1) is 16.5. The number of benzene rings is 3. The van der Waals surface area contributed by atoms with Gasteiger partial charge in [-0.25, -0.2) is 9.59 Å². The van der Waals surface area contributed by atoms with E-state index >= 15 is 0 Å². The van der Waals surface area contributed by atoms with Crippen molar-refractivity contribution in [1.29, 1.82) is 0 Å². The molecule has 0 aliphatic rings. The van der Waals surface area contributed by atoms with Crippen LogP contribution in [0, 0.1) is 0 Å². The summed E-state index contributed by atoms with van der Waals surface area (Å²) < 4.78 is 10.9. The minimum atomic E-state index is -0.687. The van der Waals surface area contributed by atoms with Gasteiger partial charge in [-0.1, -0.05) is 41.9 Å². The summed E-state index contributed by atoms with van der Waals surface area (Å²) in [4.78, 5) is 24.6. The van der Waals surface area contributed by atoms with Crippen LogP contribution in [0.4, 0.5) is 10.5 Å². The summed E-state index contributed by atoms with van der Waals surface area (Å²) in [5.74, 6) is 0.115. The molecule has 2 N–H and O–H groups in total. The Bertz CT molecular complexity index is 1260. The largest absolute Gasteiger partial charge is 0.462 e. The lowest BCUT2D eigenvalue weighted by Gasteiger charge is -2.16. The quantitative estimate of drug-likeness (QED) is 0.342. The predicted molar refractivity (Wildman–Crippen MR) is 128 cm³/mol. The average Bonchev–Trinajstić information content (AvgIpc) is 3.34. The highest BCUT2D eigenvalue weighted by Gasteiger charge is 2.23. The van der Waals surface area contributed by atoms with E-state index in [-0.39, 0.29) is 12.5 Å². The van der Waals surface area contributed by atoms with Crippen LogP contribution in [-0.2, 0) is 4.74 Å². The molecule has 34 heavy (non-hydrogen) atoms. The average molecular weight is 477 g/mol. The lowest BCUT2D eigenvalue weighted by Crippen LogP contribution is -2.33. The maximum Gasteiger partial charge on any atom is 0.338 e. The molecule has 0 saturated heterocycles. The number of rotatable bonds is 7. The second-order valence-electron chi connectivity index (χ2n) is 7.19. The van der Waals surface area contributed by atoms with Crippen molar-refractivity contribution in [2.24, 2.45) is 0 Å². The van der Waals surface area contributed by atoms with E-state index in [1.165, 1.54) is 0 Å². The van der Waals surface area contributed by atoms with Crippen molar-refractivity contribution in [1.82, 2.24) is 15.5 Å². The molecular formula is C25H21ClN4O4. The third kappa shape index (κ3) is 5.60. The highest BCUT2D eigenvalue weighted by molar-refractivity contribution is 6.30. The minimum Gasteiger partial charge on any atom is -0.462 e. The molecule has 0 saturated carbocycles. The number of nitrogens with zero attached hydrogens (tertiary/aromatic N) is 2. The molecule has 2 amide bonds. The Labute approximate surface area is 200 Å². The second-order valence-corrected chi connectivity index (χ2v) is 7.63. The number of urea groups is 1. The van der Waals surface area contributed by atoms with Gasteiger partial charge >= 0.3 is 12.0 Å². The molecule has 1 atom stereocenters. The first-order valence-electron chi connectivity index (χ1n) is 10.5. The number of ether oxygens (including phenoxy) is 1. The van der Waals surface area contributed by atoms with Gasteiger partial charge in [0.2, 0.25) is 11.8 Å². The summed E-state index contributed by atoms with van der Waals surface area (Å²) in [6.07, 6.45) is 0. The van der Waals surface area contributed by atoms with Crippen molar-refractivity contribution in [3.63, 3.8) is 0 Å². The first-order valence-corrected chi connectivity index (χ1v) is 10.9. The summed E-state index contributed by atoms with van der Waals surface area (Å²) in [5.41, 5.74) is 2.38. The fourth-order valence-electron chi connectivity index (χ4n) is 3.20. The normalized spacial score (nSPS) is 11.5. The second kappa shape index (κ2) is 10.6. The number of hydrogen-bond donors (Lipinski definition) is 2. The number of halogens is 1. The summed E-state index contributed by atoms with van der Waals surface area (Å²) >= 11 is 5.95. The number of carbonyl (C=O) groups is 2. The van der Waals surface area contributed by atoms with Crippen LogP contribution in [-0.4, -0.2) is 28.8 Å². The molecule has 0 aliphatic heterocycles. The van der Waals surface area contributed by atoms with Gasteiger partial charge < -0.3 is 19.8 Å². The maximum absolute atomic E-state index is 12.8. The number of amides is 2. The van der Waals surface area contributed by atoms with Crippen LogP contribution in [0.15, 0.2) is 83.3 Å². The molecular weight excluding hydrogens is 456 g/mol. The number of esters is 1. The zero-order valence-electron chi connectivity index (χ0n) is 18.2. The van der Waals surface area contributed by atoms with Crippen LogP contribution >= 0.6 is 11.6 Å². The zero-order chi connectivity index (χ0) is 23.9. The Balaban J connectivity index is 1.52. The Hall–Kier alpha value is -4.17. The van der Waals surface area contributed by atoms with Crippen LogP contribution in [0.2, 0.25) is 5.02 Å². The molecule has 0 fully saturated rings. The van der Waals surface area contributed by atoms with Crippen molar-refractivity contribution in [2.45, 2.75) is 13.0 Å². The lowest BCUT2D eigenvalue weighted by molar-refractivity contribution is 0.0526. The summed E-state index contributed by atoms with van der Waals surface area (Å²) in [7, 11) is 0. The highest BCUT2D eigenvalue weighted by atomic mass is 35.5. The Morgan fingerprint density at radius 1 is 0.971 bits per heavy atom. The molecule has 0 aliphatic carbocycles. The molecule has 172 valence electrons. The minimum absolute atomic E-state index is 0.226. The molecule has 1 heterocycles. The third-order valence-electron chi connectivity index (χ3n) is 4.84. The Morgan fingerprint density at radius 3 is 2.35 bits per heavy atom. The first kappa shape index (κ1) is 23.0. The lowest BCUT2D eigenvalue weighted by atomic mass is 10.1. The van der Waals surface area contributed by atoms with Gasteiger partial charge in [-0.05, 0) is 61.0 Å². The summed E-state index contributed by atoms with van der Waals surface area (Å²) in [5, 5.41) is 14.5. The number of carbonyl (C=O) groups excluding carboxylic acids is 2. The van der Waals surface area contributed by atoms with Crippen molar-refractivity contribution in [2.75, 3.05) is 11.9 Å². The van der Waals surface area contributed by atoms with Crippen molar-refractivity contribution >= 4 is 29.3 Å². The topological polar surface area (TPSA) is 106 Å². The van der Waals surface area contributed by atoms with E-state index in [0.717, 1.165) is 5.56 Å².